The summed E-state index contributed by atoms with van der Waals surface area (Å²) in [6.45, 7) is 3.61. The molecule has 4 nitrogen and oxygen atoms in total. The Hall–Kier alpha value is -0.200. The first kappa shape index (κ1) is 13.9. The van der Waals surface area contributed by atoms with Crippen LogP contribution in [-0.2, 0) is 10.0 Å². The lowest BCUT2D eigenvalue weighted by molar-refractivity contribution is 0.502. The third-order valence-electron chi connectivity index (χ3n) is 3.36. The summed E-state index contributed by atoms with van der Waals surface area (Å²) in [6, 6.07) is 0. The smallest absolute Gasteiger partial charge is 0.215 e. The maximum Gasteiger partial charge on any atom is 0.215 e. The van der Waals surface area contributed by atoms with Crippen molar-refractivity contribution in [2.24, 2.45) is 5.73 Å². The van der Waals surface area contributed by atoms with Crippen LogP contribution >= 0.6 is 12.2 Å². The molecule has 3 N–H and O–H groups in total. The van der Waals surface area contributed by atoms with Gasteiger partial charge in [-0.3, -0.25) is 0 Å². The van der Waals surface area contributed by atoms with Crippen molar-refractivity contribution in [1.82, 2.24) is 4.72 Å². The standard InChI is InChI=1S/C10H20N2O2S2/c1-3-10(2,9(11)15)12-16(13,14)8-6-4-5-7-8/h8,12H,3-7H2,1-2H3,(H2,11,15). The molecule has 0 aliphatic heterocycles. The molecule has 1 aliphatic rings. The lowest BCUT2D eigenvalue weighted by atomic mass is 10.0. The first-order valence-corrected chi connectivity index (χ1v) is 7.60. The average Bonchev–Trinajstić information content (AvgIpc) is 2.70. The van der Waals surface area contributed by atoms with Gasteiger partial charge in [0.05, 0.1) is 15.8 Å². The van der Waals surface area contributed by atoms with E-state index in [1.807, 2.05) is 6.92 Å². The van der Waals surface area contributed by atoms with Crippen LogP contribution in [0.1, 0.15) is 46.0 Å². The molecule has 0 radical (unpaired) electrons. The monoisotopic (exact) mass is 264 g/mol. The first-order chi connectivity index (χ1) is 7.32. The molecular weight excluding hydrogens is 244 g/mol. The molecule has 0 spiro atoms. The van der Waals surface area contributed by atoms with E-state index in [-0.39, 0.29) is 10.2 Å². The zero-order valence-corrected chi connectivity index (χ0v) is 11.5. The molecule has 0 aromatic rings. The second kappa shape index (κ2) is 4.98. The molecule has 0 bridgehead atoms. The van der Waals surface area contributed by atoms with E-state index in [2.05, 4.69) is 4.72 Å². The number of hydrogen-bond donors (Lipinski definition) is 2. The second-order valence-electron chi connectivity index (χ2n) is 4.60. The molecule has 0 amide bonds. The molecule has 94 valence electrons. The van der Waals surface area contributed by atoms with Crippen LogP contribution in [0.25, 0.3) is 0 Å². The average molecular weight is 264 g/mol. The number of nitrogens with two attached hydrogens (primary N) is 1. The van der Waals surface area contributed by atoms with Crippen LogP contribution in [-0.4, -0.2) is 24.2 Å². The molecule has 1 saturated carbocycles. The van der Waals surface area contributed by atoms with Gasteiger partial charge in [0.25, 0.3) is 0 Å². The lowest BCUT2D eigenvalue weighted by Crippen LogP contribution is -2.55. The Bertz CT molecular complexity index is 361. The Morgan fingerprint density at radius 1 is 1.50 bits per heavy atom. The molecule has 0 aromatic heterocycles. The third-order valence-corrected chi connectivity index (χ3v) is 5.89. The van der Waals surface area contributed by atoms with Gasteiger partial charge >= 0.3 is 0 Å². The SMILES string of the molecule is CCC(C)(NS(=O)(=O)C1CCCC1)C(N)=S. The fourth-order valence-corrected chi connectivity index (χ4v) is 4.16. The summed E-state index contributed by atoms with van der Waals surface area (Å²) in [4.78, 5) is 0.205. The summed E-state index contributed by atoms with van der Waals surface area (Å²) in [5.74, 6) is 0. The summed E-state index contributed by atoms with van der Waals surface area (Å²) in [5.41, 5.74) is 4.80. The predicted octanol–water partition coefficient (Wildman–Crippen LogP) is 1.30. The van der Waals surface area contributed by atoms with Gasteiger partial charge in [0.15, 0.2) is 0 Å². The van der Waals surface area contributed by atoms with E-state index in [4.69, 9.17) is 18.0 Å². The number of rotatable bonds is 5. The van der Waals surface area contributed by atoms with Crippen LogP contribution in [0.2, 0.25) is 0 Å². The Morgan fingerprint density at radius 2 is 2.00 bits per heavy atom. The van der Waals surface area contributed by atoms with Crippen LogP contribution in [0, 0.1) is 0 Å². The molecule has 1 fully saturated rings. The molecule has 1 atom stereocenters. The van der Waals surface area contributed by atoms with Crippen LogP contribution in [0.15, 0.2) is 0 Å². The summed E-state index contributed by atoms with van der Waals surface area (Å²) in [5, 5.41) is -0.271. The largest absolute Gasteiger partial charge is 0.392 e. The normalized spacial score (nSPS) is 21.9. The molecule has 1 aliphatic carbocycles. The maximum atomic E-state index is 12.1. The van der Waals surface area contributed by atoms with Crippen molar-refractivity contribution in [2.75, 3.05) is 0 Å². The van der Waals surface area contributed by atoms with Gasteiger partial charge in [-0.25, -0.2) is 13.1 Å². The van der Waals surface area contributed by atoms with Gasteiger partial charge in [-0.1, -0.05) is 32.0 Å². The van der Waals surface area contributed by atoms with E-state index < -0.39 is 15.6 Å². The van der Waals surface area contributed by atoms with E-state index in [1.165, 1.54) is 0 Å². The van der Waals surface area contributed by atoms with Crippen molar-refractivity contribution < 1.29 is 8.42 Å². The highest BCUT2D eigenvalue weighted by atomic mass is 32.2. The van der Waals surface area contributed by atoms with Crippen LogP contribution in [0.5, 0.6) is 0 Å². The van der Waals surface area contributed by atoms with Gasteiger partial charge in [-0.2, -0.15) is 0 Å². The highest BCUT2D eigenvalue weighted by molar-refractivity contribution is 7.90. The highest BCUT2D eigenvalue weighted by Gasteiger charge is 2.36. The van der Waals surface area contributed by atoms with Crippen molar-refractivity contribution in [2.45, 2.75) is 56.7 Å². The number of hydrogen-bond acceptors (Lipinski definition) is 3. The van der Waals surface area contributed by atoms with E-state index in [1.54, 1.807) is 6.92 Å². The van der Waals surface area contributed by atoms with Crippen molar-refractivity contribution in [3.8, 4) is 0 Å². The summed E-state index contributed by atoms with van der Waals surface area (Å²) in [7, 11) is -3.29. The number of sulfonamides is 1. The molecule has 0 aromatic carbocycles. The molecule has 1 rings (SSSR count). The summed E-state index contributed by atoms with van der Waals surface area (Å²) >= 11 is 4.92. The van der Waals surface area contributed by atoms with E-state index in [0.717, 1.165) is 25.7 Å². The zero-order valence-electron chi connectivity index (χ0n) is 9.82. The van der Waals surface area contributed by atoms with E-state index >= 15 is 0 Å². The Kier molecular flexibility index (Phi) is 4.31. The molecule has 0 heterocycles. The van der Waals surface area contributed by atoms with Gasteiger partial charge in [-0.05, 0) is 26.2 Å². The van der Waals surface area contributed by atoms with Gasteiger partial charge in [0.2, 0.25) is 10.0 Å². The summed E-state index contributed by atoms with van der Waals surface area (Å²) in [6.07, 6.45) is 4.02. The van der Waals surface area contributed by atoms with Gasteiger partial charge in [0.1, 0.15) is 0 Å². The second-order valence-corrected chi connectivity index (χ2v) is 7.00. The van der Waals surface area contributed by atoms with Gasteiger partial charge in [0, 0.05) is 0 Å². The van der Waals surface area contributed by atoms with Gasteiger partial charge < -0.3 is 5.73 Å². The molecule has 1 unspecified atom stereocenters. The number of nitrogens with one attached hydrogen (secondary N) is 1. The fraction of sp³-hybridized carbons (Fsp3) is 0.900. The van der Waals surface area contributed by atoms with Crippen molar-refractivity contribution in [1.29, 1.82) is 0 Å². The highest BCUT2D eigenvalue weighted by Crippen LogP contribution is 2.25. The molecule has 6 heteroatoms. The minimum Gasteiger partial charge on any atom is -0.392 e. The van der Waals surface area contributed by atoms with Crippen molar-refractivity contribution >= 4 is 27.2 Å². The third kappa shape index (κ3) is 2.93. The van der Waals surface area contributed by atoms with Crippen LogP contribution < -0.4 is 10.5 Å². The van der Waals surface area contributed by atoms with Crippen molar-refractivity contribution in [3.63, 3.8) is 0 Å². The summed E-state index contributed by atoms with van der Waals surface area (Å²) < 4.78 is 26.8. The predicted molar refractivity (Wildman–Crippen MR) is 69.8 cm³/mol. The molecular formula is C10H20N2O2S2. The van der Waals surface area contributed by atoms with Gasteiger partial charge in [-0.15, -0.1) is 0 Å². The lowest BCUT2D eigenvalue weighted by Gasteiger charge is -2.29. The Morgan fingerprint density at radius 3 is 2.38 bits per heavy atom. The van der Waals surface area contributed by atoms with Crippen LogP contribution in [0.3, 0.4) is 0 Å². The fourth-order valence-electron chi connectivity index (χ4n) is 1.89. The van der Waals surface area contributed by atoms with Crippen LogP contribution in [0.4, 0.5) is 0 Å². The van der Waals surface area contributed by atoms with E-state index in [9.17, 15) is 8.42 Å². The minimum absolute atomic E-state index is 0.205. The zero-order chi connectivity index (χ0) is 12.4. The molecule has 0 saturated heterocycles. The Labute approximate surface area is 103 Å². The minimum atomic E-state index is -3.29. The number of thiocarbonyl (C=S) groups is 1. The van der Waals surface area contributed by atoms with Crippen molar-refractivity contribution in [3.05, 3.63) is 0 Å². The maximum absolute atomic E-state index is 12.1. The first-order valence-electron chi connectivity index (χ1n) is 5.64. The molecule has 16 heavy (non-hydrogen) atoms. The quantitative estimate of drug-likeness (QED) is 0.734. The topological polar surface area (TPSA) is 72.2 Å². The Balaban J connectivity index is 2.82. The van der Waals surface area contributed by atoms with E-state index in [0.29, 0.717) is 6.42 Å².